The predicted molar refractivity (Wildman–Crippen MR) is 105 cm³/mol. The number of aromatic nitrogens is 2. The molecule has 0 spiro atoms. The number of benzene rings is 2. The molecule has 1 heterocycles. The second-order valence-electron chi connectivity index (χ2n) is 6.89. The molecule has 0 aliphatic rings. The van der Waals surface area contributed by atoms with Crippen molar-refractivity contribution in [1.29, 1.82) is 0 Å². The van der Waals surface area contributed by atoms with Gasteiger partial charge in [0.15, 0.2) is 23.3 Å². The van der Waals surface area contributed by atoms with E-state index < -0.39 is 69.3 Å². The van der Waals surface area contributed by atoms with Crippen LogP contribution in [0.5, 0.6) is 11.5 Å². The standard InChI is InChI=1S/C16H7F6N2O3.C5H12O2.Ir/c1-25-13-9(19)5(3-7(17)11(13)21)15-23-24-16(27-15)6-4-8(18)12(22)14(26-2)10(6)20;1-4(6)3-5(2)7;/h3H,1-2H3;4-7H,3H2,1-2H3;/q-1;;. The Bertz CT molecular complexity index is 1070. The van der Waals surface area contributed by atoms with Gasteiger partial charge >= 0.3 is 0 Å². The van der Waals surface area contributed by atoms with Crippen LogP contribution in [0.15, 0.2) is 10.5 Å². The van der Waals surface area contributed by atoms with E-state index in [1.807, 2.05) is 0 Å². The van der Waals surface area contributed by atoms with E-state index in [4.69, 9.17) is 14.6 Å². The molecule has 3 rings (SSSR count). The second-order valence-corrected chi connectivity index (χ2v) is 6.89. The first kappa shape index (κ1) is 30.4. The van der Waals surface area contributed by atoms with E-state index in [9.17, 15) is 26.3 Å². The van der Waals surface area contributed by atoms with E-state index in [2.05, 4.69) is 19.7 Å². The topological polar surface area (TPSA) is 97.8 Å². The Morgan fingerprint density at radius 3 is 1.86 bits per heavy atom. The zero-order valence-corrected chi connectivity index (χ0v) is 20.9. The average Bonchev–Trinajstić information content (AvgIpc) is 3.23. The number of hydrogen-bond donors (Lipinski definition) is 2. The fourth-order valence-electron chi connectivity index (χ4n) is 2.70. The molecule has 7 nitrogen and oxygen atoms in total. The maximum Gasteiger partial charge on any atom is 0.240 e. The van der Waals surface area contributed by atoms with Gasteiger partial charge in [-0.25, -0.2) is 13.2 Å². The quantitative estimate of drug-likeness (QED) is 0.228. The third-order valence-electron chi connectivity index (χ3n) is 4.12. The van der Waals surface area contributed by atoms with E-state index in [0.717, 1.165) is 14.2 Å². The van der Waals surface area contributed by atoms with Crippen LogP contribution in [-0.4, -0.2) is 46.8 Å². The number of hydrogen-bond acceptors (Lipinski definition) is 7. The van der Waals surface area contributed by atoms with Crippen molar-refractivity contribution in [3.63, 3.8) is 0 Å². The van der Waals surface area contributed by atoms with Crippen LogP contribution in [0, 0.1) is 41.0 Å². The Balaban J connectivity index is 0.000000672. The molecular formula is C21H19F6IrN2O5-. The summed E-state index contributed by atoms with van der Waals surface area (Å²) in [5.41, 5.74) is -1.50. The van der Waals surface area contributed by atoms with Crippen LogP contribution in [0.25, 0.3) is 22.9 Å². The van der Waals surface area contributed by atoms with E-state index >= 15 is 0 Å². The Kier molecular flexibility index (Phi) is 11.2. The van der Waals surface area contributed by atoms with Crippen molar-refractivity contribution in [2.45, 2.75) is 32.5 Å². The Morgan fingerprint density at radius 1 is 0.857 bits per heavy atom. The first-order valence-electron chi connectivity index (χ1n) is 9.48. The van der Waals surface area contributed by atoms with Crippen LogP contribution in [0.4, 0.5) is 26.3 Å². The maximum atomic E-state index is 14.3. The zero-order chi connectivity index (χ0) is 25.7. The largest absolute Gasteiger partial charge is 0.510 e. The van der Waals surface area contributed by atoms with Crippen LogP contribution in [0.2, 0.25) is 0 Å². The molecule has 3 aromatic rings. The van der Waals surface area contributed by atoms with Gasteiger partial charge in [0.1, 0.15) is 11.6 Å². The van der Waals surface area contributed by atoms with Crippen molar-refractivity contribution in [3.8, 4) is 34.4 Å². The zero-order valence-electron chi connectivity index (χ0n) is 18.6. The molecule has 0 aliphatic carbocycles. The van der Waals surface area contributed by atoms with E-state index in [0.29, 0.717) is 12.5 Å². The van der Waals surface area contributed by atoms with Gasteiger partial charge in [0.05, 0.1) is 43.6 Å². The van der Waals surface area contributed by atoms with Gasteiger partial charge in [-0.3, -0.25) is 8.78 Å². The molecular weight excluding hydrogens is 666 g/mol. The summed E-state index contributed by atoms with van der Waals surface area (Å²) in [7, 11) is 1.80. The minimum atomic E-state index is -1.63. The molecule has 2 atom stereocenters. The fraction of sp³-hybridized carbons (Fsp3) is 0.333. The third kappa shape index (κ3) is 6.94. The summed E-state index contributed by atoms with van der Waals surface area (Å²) in [5.74, 6) is -12.6. The van der Waals surface area contributed by atoms with Crippen LogP contribution >= 0.6 is 0 Å². The van der Waals surface area contributed by atoms with Gasteiger partial charge in [0.25, 0.3) is 0 Å². The van der Waals surface area contributed by atoms with Crippen molar-refractivity contribution in [2.24, 2.45) is 0 Å². The summed E-state index contributed by atoms with van der Waals surface area (Å²) >= 11 is 0. The molecule has 0 aliphatic heterocycles. The molecule has 2 aromatic carbocycles. The Labute approximate surface area is 209 Å². The van der Waals surface area contributed by atoms with Crippen LogP contribution in [0.1, 0.15) is 20.3 Å². The SMILES string of the molecule is CC(O)CC(C)O.COc1c(F)c(F)[c-]c(-c2nnc(-c3cc(F)c(F)c(OC)c3F)o2)c1F.[Ir]. The molecule has 0 amide bonds. The normalized spacial score (nSPS) is 12.2. The summed E-state index contributed by atoms with van der Waals surface area (Å²) in [4.78, 5) is 0. The van der Waals surface area contributed by atoms with Crippen LogP contribution in [0.3, 0.4) is 0 Å². The molecule has 1 radical (unpaired) electrons. The summed E-state index contributed by atoms with van der Waals surface area (Å²) in [6.07, 6.45) is -0.278. The average molecular weight is 686 g/mol. The van der Waals surface area contributed by atoms with Gasteiger partial charge in [0, 0.05) is 20.1 Å². The van der Waals surface area contributed by atoms with Crippen molar-refractivity contribution >= 4 is 0 Å². The van der Waals surface area contributed by atoms with Crippen LogP contribution < -0.4 is 9.47 Å². The summed E-state index contributed by atoms with van der Waals surface area (Å²) in [5, 5.41) is 23.9. The number of aliphatic hydroxyl groups is 2. The van der Waals surface area contributed by atoms with Crippen molar-refractivity contribution < 1.29 is 70.6 Å². The smallest absolute Gasteiger partial charge is 0.240 e. The van der Waals surface area contributed by atoms with Gasteiger partial charge in [-0.1, -0.05) is 6.07 Å². The number of aliphatic hydroxyl groups excluding tert-OH is 2. The molecule has 0 saturated heterocycles. The summed E-state index contributed by atoms with van der Waals surface area (Å²) in [6, 6.07) is 2.12. The molecule has 14 heteroatoms. The minimum Gasteiger partial charge on any atom is -0.510 e. The molecule has 0 fully saturated rings. The number of ether oxygens (including phenoxy) is 2. The van der Waals surface area contributed by atoms with Crippen molar-refractivity contribution in [1.82, 2.24) is 10.2 Å². The number of nitrogens with zero attached hydrogens (tertiary/aromatic N) is 2. The van der Waals surface area contributed by atoms with Gasteiger partial charge < -0.3 is 24.1 Å². The molecule has 2 N–H and O–H groups in total. The molecule has 195 valence electrons. The molecule has 0 saturated carbocycles. The van der Waals surface area contributed by atoms with E-state index in [-0.39, 0.29) is 32.3 Å². The number of halogens is 6. The number of methoxy groups -OCH3 is 2. The Hall–Kier alpha value is -2.67. The second kappa shape index (κ2) is 12.9. The van der Waals surface area contributed by atoms with Gasteiger partial charge in [0.2, 0.25) is 11.7 Å². The first-order valence-corrected chi connectivity index (χ1v) is 9.48. The minimum absolute atomic E-state index is 0. The monoisotopic (exact) mass is 686 g/mol. The van der Waals surface area contributed by atoms with E-state index in [1.165, 1.54) is 0 Å². The van der Waals surface area contributed by atoms with Gasteiger partial charge in [-0.2, -0.15) is 9.49 Å². The first-order chi connectivity index (χ1) is 15.9. The summed E-state index contributed by atoms with van der Waals surface area (Å²) < 4.78 is 96.4. The van der Waals surface area contributed by atoms with Gasteiger partial charge in [-0.15, -0.1) is 5.10 Å². The predicted octanol–water partition coefficient (Wildman–Crippen LogP) is 4.19. The fourth-order valence-corrected chi connectivity index (χ4v) is 2.70. The van der Waals surface area contributed by atoms with Crippen molar-refractivity contribution in [2.75, 3.05) is 14.2 Å². The van der Waals surface area contributed by atoms with Crippen LogP contribution in [-0.2, 0) is 20.1 Å². The third-order valence-corrected chi connectivity index (χ3v) is 4.12. The van der Waals surface area contributed by atoms with E-state index in [1.54, 1.807) is 19.9 Å². The van der Waals surface area contributed by atoms with Gasteiger partial charge in [-0.05, 0) is 31.9 Å². The summed E-state index contributed by atoms with van der Waals surface area (Å²) in [6.45, 7) is 3.32. The Morgan fingerprint density at radius 2 is 1.37 bits per heavy atom. The maximum absolute atomic E-state index is 14.3. The number of rotatable bonds is 6. The molecule has 35 heavy (non-hydrogen) atoms. The molecule has 1 aromatic heterocycles. The molecule has 2 unspecified atom stereocenters. The molecule has 0 bridgehead atoms. The van der Waals surface area contributed by atoms with Crippen molar-refractivity contribution in [3.05, 3.63) is 47.0 Å².